The lowest BCUT2D eigenvalue weighted by molar-refractivity contribution is -0.183. The highest BCUT2D eigenvalue weighted by Gasteiger charge is 2.39. The van der Waals surface area contributed by atoms with Gasteiger partial charge in [-0.3, -0.25) is 4.79 Å². The molecule has 2 rings (SSSR count). The predicted octanol–water partition coefficient (Wildman–Crippen LogP) is 3.44. The number of hydrogen-bond acceptors (Lipinski definition) is 3. The van der Waals surface area contributed by atoms with Crippen LogP contribution in [0, 0.1) is 11.8 Å². The van der Waals surface area contributed by atoms with Gasteiger partial charge in [-0.15, -0.1) is 0 Å². The molecular formula is C15H24O3. The van der Waals surface area contributed by atoms with Crippen molar-refractivity contribution in [3.8, 4) is 0 Å². The van der Waals surface area contributed by atoms with Crippen LogP contribution in [0.5, 0.6) is 0 Å². The first-order valence-electron chi connectivity index (χ1n) is 7.25. The molecule has 1 heterocycles. The van der Waals surface area contributed by atoms with Crippen molar-refractivity contribution < 1.29 is 14.3 Å². The topological polar surface area (TPSA) is 35.5 Å². The molecule has 1 fully saturated rings. The van der Waals surface area contributed by atoms with Gasteiger partial charge in [0, 0.05) is 5.92 Å². The molecule has 3 nitrogen and oxygen atoms in total. The van der Waals surface area contributed by atoms with Crippen molar-refractivity contribution >= 4 is 5.97 Å². The molecule has 4 atom stereocenters. The summed E-state index contributed by atoms with van der Waals surface area (Å²) in [4.78, 5) is 11.9. The third-order valence-electron chi connectivity index (χ3n) is 3.86. The van der Waals surface area contributed by atoms with E-state index in [0.717, 1.165) is 19.3 Å². The number of hydrogen-bond donors (Lipinski definition) is 0. The van der Waals surface area contributed by atoms with Gasteiger partial charge in [0.1, 0.15) is 0 Å². The number of esters is 1. The number of carbonyl (C=O) groups excluding carboxylic acids is 1. The number of carbonyl (C=O) groups is 1. The van der Waals surface area contributed by atoms with Gasteiger partial charge in [-0.2, -0.15) is 0 Å². The van der Waals surface area contributed by atoms with Gasteiger partial charge in [-0.1, -0.05) is 51.7 Å². The average molecular weight is 252 g/mol. The van der Waals surface area contributed by atoms with Gasteiger partial charge in [-0.05, 0) is 12.8 Å². The molecule has 0 spiro atoms. The average Bonchev–Trinajstić information content (AvgIpc) is 2.96. The highest BCUT2D eigenvalue weighted by atomic mass is 16.7. The Kier molecular flexibility index (Phi) is 4.81. The summed E-state index contributed by atoms with van der Waals surface area (Å²) in [6.45, 7) is 4.15. The van der Waals surface area contributed by atoms with Crippen molar-refractivity contribution in [1.82, 2.24) is 0 Å². The lowest BCUT2D eigenvalue weighted by Gasteiger charge is -2.21. The molecule has 1 saturated heterocycles. The Balaban J connectivity index is 1.66. The molecule has 0 aromatic rings. The van der Waals surface area contributed by atoms with Crippen LogP contribution >= 0.6 is 0 Å². The SMILES string of the molecule is CCCCCCC(C)C(=O)OC1OC2C=CC1C2. The Morgan fingerprint density at radius 3 is 2.83 bits per heavy atom. The normalized spacial score (nSPS) is 30.7. The molecule has 2 bridgehead atoms. The van der Waals surface area contributed by atoms with Gasteiger partial charge < -0.3 is 9.47 Å². The summed E-state index contributed by atoms with van der Waals surface area (Å²) in [7, 11) is 0. The first-order valence-corrected chi connectivity index (χ1v) is 7.25. The molecule has 3 heteroatoms. The molecule has 2 aliphatic rings. The zero-order chi connectivity index (χ0) is 13.0. The van der Waals surface area contributed by atoms with Crippen molar-refractivity contribution in [3.05, 3.63) is 12.2 Å². The summed E-state index contributed by atoms with van der Waals surface area (Å²) < 4.78 is 11.0. The molecule has 0 amide bonds. The van der Waals surface area contributed by atoms with Crippen LogP contribution < -0.4 is 0 Å². The molecule has 4 unspecified atom stereocenters. The molecular weight excluding hydrogens is 228 g/mol. The van der Waals surface area contributed by atoms with Crippen LogP contribution in [-0.4, -0.2) is 18.4 Å². The van der Waals surface area contributed by atoms with Crippen molar-refractivity contribution in [2.24, 2.45) is 11.8 Å². The molecule has 102 valence electrons. The third-order valence-corrected chi connectivity index (χ3v) is 3.86. The van der Waals surface area contributed by atoms with Gasteiger partial charge >= 0.3 is 5.97 Å². The maximum absolute atomic E-state index is 11.9. The highest BCUT2D eigenvalue weighted by Crippen LogP contribution is 2.35. The van der Waals surface area contributed by atoms with E-state index in [2.05, 4.69) is 19.1 Å². The summed E-state index contributed by atoms with van der Waals surface area (Å²) in [6, 6.07) is 0. The van der Waals surface area contributed by atoms with Crippen LogP contribution in [0.4, 0.5) is 0 Å². The summed E-state index contributed by atoms with van der Waals surface area (Å²) in [5, 5.41) is 0. The van der Waals surface area contributed by atoms with E-state index >= 15 is 0 Å². The Hall–Kier alpha value is -0.830. The molecule has 0 aromatic heterocycles. The second kappa shape index (κ2) is 6.37. The van der Waals surface area contributed by atoms with Crippen LogP contribution in [-0.2, 0) is 14.3 Å². The van der Waals surface area contributed by atoms with E-state index in [4.69, 9.17) is 9.47 Å². The Bertz CT molecular complexity index is 311. The summed E-state index contributed by atoms with van der Waals surface area (Å²) >= 11 is 0. The van der Waals surface area contributed by atoms with Crippen LogP contribution in [0.3, 0.4) is 0 Å². The van der Waals surface area contributed by atoms with Gasteiger partial charge in [0.05, 0.1) is 12.0 Å². The molecule has 1 aliphatic carbocycles. The van der Waals surface area contributed by atoms with E-state index in [1.54, 1.807) is 0 Å². The number of rotatable bonds is 7. The molecule has 0 aromatic carbocycles. The van der Waals surface area contributed by atoms with Crippen molar-refractivity contribution in [2.45, 2.75) is 64.8 Å². The van der Waals surface area contributed by atoms with E-state index < -0.39 is 0 Å². The summed E-state index contributed by atoms with van der Waals surface area (Å²) in [5.41, 5.74) is 0. The monoisotopic (exact) mass is 252 g/mol. The van der Waals surface area contributed by atoms with E-state index in [0.29, 0.717) is 0 Å². The molecule has 0 radical (unpaired) electrons. The first kappa shape index (κ1) is 13.6. The van der Waals surface area contributed by atoms with E-state index in [1.807, 2.05) is 6.92 Å². The lowest BCUT2D eigenvalue weighted by atomic mass is 10.0. The fourth-order valence-electron chi connectivity index (χ4n) is 2.61. The maximum Gasteiger partial charge on any atom is 0.310 e. The van der Waals surface area contributed by atoms with Gasteiger partial charge in [0.15, 0.2) is 0 Å². The predicted molar refractivity (Wildman–Crippen MR) is 69.9 cm³/mol. The minimum absolute atomic E-state index is 0.00596. The fraction of sp³-hybridized carbons (Fsp3) is 0.800. The van der Waals surface area contributed by atoms with E-state index in [9.17, 15) is 4.79 Å². The van der Waals surface area contributed by atoms with Crippen molar-refractivity contribution in [2.75, 3.05) is 0 Å². The number of unbranched alkanes of at least 4 members (excludes halogenated alkanes) is 3. The fourth-order valence-corrected chi connectivity index (χ4v) is 2.61. The van der Waals surface area contributed by atoms with E-state index in [1.165, 1.54) is 19.3 Å². The largest absolute Gasteiger partial charge is 0.435 e. The maximum atomic E-state index is 11.9. The summed E-state index contributed by atoms with van der Waals surface area (Å²) in [6.07, 6.45) is 10.7. The van der Waals surface area contributed by atoms with Crippen LogP contribution in [0.1, 0.15) is 52.4 Å². The summed E-state index contributed by atoms with van der Waals surface area (Å²) in [5.74, 6) is 0.178. The Labute approximate surface area is 110 Å². The smallest absolute Gasteiger partial charge is 0.310 e. The van der Waals surface area contributed by atoms with E-state index in [-0.39, 0.29) is 30.2 Å². The number of ether oxygens (including phenoxy) is 2. The Morgan fingerprint density at radius 1 is 1.39 bits per heavy atom. The zero-order valence-corrected chi connectivity index (χ0v) is 11.4. The van der Waals surface area contributed by atoms with Crippen LogP contribution in [0.2, 0.25) is 0 Å². The second-order valence-corrected chi connectivity index (χ2v) is 5.51. The molecule has 1 aliphatic heterocycles. The van der Waals surface area contributed by atoms with Crippen LogP contribution in [0.25, 0.3) is 0 Å². The standard InChI is InChI=1S/C15H24O3/c1-3-4-5-6-7-11(2)14(16)18-15-12-8-9-13(10-12)17-15/h8-9,11-13,15H,3-7,10H2,1-2H3. The minimum Gasteiger partial charge on any atom is -0.435 e. The Morgan fingerprint density at radius 2 is 2.22 bits per heavy atom. The van der Waals surface area contributed by atoms with Crippen molar-refractivity contribution in [3.63, 3.8) is 0 Å². The number of fused-ring (bicyclic) bond motifs is 2. The lowest BCUT2D eigenvalue weighted by Crippen LogP contribution is -2.27. The van der Waals surface area contributed by atoms with Crippen molar-refractivity contribution in [1.29, 1.82) is 0 Å². The molecule has 0 N–H and O–H groups in total. The first-order chi connectivity index (χ1) is 8.70. The highest BCUT2D eigenvalue weighted by molar-refractivity contribution is 5.72. The van der Waals surface area contributed by atoms with Gasteiger partial charge in [-0.25, -0.2) is 0 Å². The molecule has 0 saturated carbocycles. The van der Waals surface area contributed by atoms with Crippen LogP contribution in [0.15, 0.2) is 12.2 Å². The third kappa shape index (κ3) is 3.35. The molecule has 18 heavy (non-hydrogen) atoms. The van der Waals surface area contributed by atoms with Gasteiger partial charge in [0.2, 0.25) is 6.29 Å². The zero-order valence-electron chi connectivity index (χ0n) is 11.4. The quantitative estimate of drug-likeness (QED) is 0.395. The second-order valence-electron chi connectivity index (χ2n) is 5.51. The minimum atomic E-state index is -0.328. The van der Waals surface area contributed by atoms with Gasteiger partial charge in [0.25, 0.3) is 0 Å².